The van der Waals surface area contributed by atoms with E-state index in [0.29, 0.717) is 19.3 Å². The first-order valence-electron chi connectivity index (χ1n) is 27.8. The molecule has 0 aromatic heterocycles. The summed E-state index contributed by atoms with van der Waals surface area (Å²) in [6.45, 7) is 6.64. The molecule has 0 saturated heterocycles. The van der Waals surface area contributed by atoms with E-state index in [1.54, 1.807) is 0 Å². The second-order valence-electron chi connectivity index (χ2n) is 18.9. The van der Waals surface area contributed by atoms with Crippen molar-refractivity contribution >= 4 is 17.9 Å². The second kappa shape index (κ2) is 52.5. The van der Waals surface area contributed by atoms with Gasteiger partial charge in [0.2, 0.25) is 0 Å². The maximum atomic E-state index is 12.8. The van der Waals surface area contributed by atoms with Gasteiger partial charge in [0.1, 0.15) is 13.2 Å². The summed E-state index contributed by atoms with van der Waals surface area (Å²) in [5, 5.41) is 0. The van der Waals surface area contributed by atoms with Crippen molar-refractivity contribution < 1.29 is 28.6 Å². The van der Waals surface area contributed by atoms with Crippen LogP contribution in [0.2, 0.25) is 0 Å². The zero-order chi connectivity index (χ0) is 45.8. The molecule has 0 rings (SSSR count). The maximum absolute atomic E-state index is 12.8. The Balaban J connectivity index is 4.27. The van der Waals surface area contributed by atoms with Crippen molar-refractivity contribution in [2.24, 2.45) is 0 Å². The summed E-state index contributed by atoms with van der Waals surface area (Å²) in [5.74, 6) is -0.855. The van der Waals surface area contributed by atoms with Crippen molar-refractivity contribution in [1.29, 1.82) is 0 Å². The van der Waals surface area contributed by atoms with Crippen LogP contribution < -0.4 is 0 Å². The van der Waals surface area contributed by atoms with Crippen LogP contribution in [0.5, 0.6) is 0 Å². The van der Waals surface area contributed by atoms with Gasteiger partial charge in [-0.1, -0.05) is 257 Å². The highest BCUT2D eigenvalue weighted by Gasteiger charge is 2.19. The average molecular weight is 887 g/mol. The van der Waals surface area contributed by atoms with Crippen LogP contribution in [0.15, 0.2) is 24.3 Å². The summed E-state index contributed by atoms with van der Waals surface area (Å²) in [4.78, 5) is 38.0. The van der Waals surface area contributed by atoms with Crippen LogP contribution in [-0.2, 0) is 28.6 Å². The topological polar surface area (TPSA) is 78.9 Å². The Morgan fingerprint density at radius 1 is 0.317 bits per heavy atom. The van der Waals surface area contributed by atoms with Crippen LogP contribution in [-0.4, -0.2) is 37.2 Å². The third kappa shape index (κ3) is 50.7. The Kier molecular flexibility index (Phi) is 50.8. The molecule has 1 atom stereocenters. The largest absolute Gasteiger partial charge is 0.462 e. The molecule has 0 saturated carbocycles. The zero-order valence-electron chi connectivity index (χ0n) is 42.4. The van der Waals surface area contributed by atoms with Gasteiger partial charge in [0.15, 0.2) is 6.10 Å². The lowest BCUT2D eigenvalue weighted by molar-refractivity contribution is -0.167. The monoisotopic (exact) mass is 887 g/mol. The highest BCUT2D eigenvalue weighted by Crippen LogP contribution is 2.17. The highest BCUT2D eigenvalue weighted by atomic mass is 16.6. The fourth-order valence-electron chi connectivity index (χ4n) is 8.24. The molecule has 0 aliphatic heterocycles. The van der Waals surface area contributed by atoms with Gasteiger partial charge < -0.3 is 14.2 Å². The van der Waals surface area contributed by atoms with Gasteiger partial charge in [-0.3, -0.25) is 14.4 Å². The van der Waals surface area contributed by atoms with Gasteiger partial charge in [-0.25, -0.2) is 0 Å². The van der Waals surface area contributed by atoms with E-state index in [4.69, 9.17) is 14.2 Å². The summed E-state index contributed by atoms with van der Waals surface area (Å²) in [5.41, 5.74) is 0. The predicted octanol–water partition coefficient (Wildman–Crippen LogP) is 18.3. The molecule has 0 aromatic rings. The SMILES string of the molecule is CCCCC/C=C\C/C=C\CCCCCCCCCCCC(=O)OCC(COC(=O)CCCCCCCCCCCC)OC(=O)CCCCCCCCCCCCCCCCCC. The van der Waals surface area contributed by atoms with E-state index in [1.807, 2.05) is 0 Å². The number of unbranched alkanes of at least 4 members (excludes halogenated alkanes) is 36. The standard InChI is InChI=1S/C57H106O6/c1-4-7-10-13-16-19-22-24-26-28-29-30-32-33-35-38-41-44-47-50-56(59)62-53-54(52-61-55(58)49-46-43-40-37-21-18-15-12-9-6-3)63-57(60)51-48-45-42-39-36-34-31-27-25-23-20-17-14-11-8-5-2/h16,19,24,26,54H,4-15,17-18,20-23,25,27-53H2,1-3H3/b19-16-,26-24-. The molecule has 63 heavy (non-hydrogen) atoms. The van der Waals surface area contributed by atoms with Crippen LogP contribution in [0, 0.1) is 0 Å². The van der Waals surface area contributed by atoms with Gasteiger partial charge in [-0.05, 0) is 51.4 Å². The molecule has 0 radical (unpaired) electrons. The zero-order valence-corrected chi connectivity index (χ0v) is 42.4. The number of hydrogen-bond acceptors (Lipinski definition) is 6. The van der Waals surface area contributed by atoms with E-state index < -0.39 is 6.10 Å². The van der Waals surface area contributed by atoms with E-state index in [-0.39, 0.29) is 31.1 Å². The molecule has 0 heterocycles. The maximum Gasteiger partial charge on any atom is 0.306 e. The average Bonchev–Trinajstić information content (AvgIpc) is 3.28. The first kappa shape index (κ1) is 60.9. The summed E-state index contributed by atoms with van der Waals surface area (Å²) in [6, 6.07) is 0. The predicted molar refractivity (Wildman–Crippen MR) is 270 cm³/mol. The Labute approximate surface area is 392 Å². The Morgan fingerprint density at radius 2 is 0.571 bits per heavy atom. The van der Waals surface area contributed by atoms with Gasteiger partial charge in [-0.15, -0.1) is 0 Å². The number of carbonyl (C=O) groups is 3. The molecule has 0 amide bonds. The fraction of sp³-hybridized carbons (Fsp3) is 0.877. The minimum atomic E-state index is -0.766. The quantitative estimate of drug-likeness (QED) is 0.0262. The summed E-state index contributed by atoms with van der Waals surface area (Å²) < 4.78 is 16.8. The van der Waals surface area contributed by atoms with E-state index >= 15 is 0 Å². The minimum absolute atomic E-state index is 0.0673. The lowest BCUT2D eigenvalue weighted by Gasteiger charge is -2.18. The van der Waals surface area contributed by atoms with E-state index in [9.17, 15) is 14.4 Å². The van der Waals surface area contributed by atoms with E-state index in [0.717, 1.165) is 64.2 Å². The van der Waals surface area contributed by atoms with Gasteiger partial charge in [-0.2, -0.15) is 0 Å². The summed E-state index contributed by atoms with van der Waals surface area (Å²) >= 11 is 0. The molecule has 0 aromatic carbocycles. The van der Waals surface area contributed by atoms with Gasteiger partial charge in [0.05, 0.1) is 0 Å². The lowest BCUT2D eigenvalue weighted by Crippen LogP contribution is -2.30. The summed E-state index contributed by atoms with van der Waals surface area (Å²) in [7, 11) is 0. The molecule has 6 heteroatoms. The first-order valence-corrected chi connectivity index (χ1v) is 27.8. The van der Waals surface area contributed by atoms with Crippen molar-refractivity contribution in [3.63, 3.8) is 0 Å². The Morgan fingerprint density at radius 3 is 0.905 bits per heavy atom. The summed E-state index contributed by atoms with van der Waals surface area (Å²) in [6.07, 6.45) is 60.2. The van der Waals surface area contributed by atoms with Crippen LogP contribution in [0.4, 0.5) is 0 Å². The Bertz CT molecular complexity index is 1020. The fourth-order valence-corrected chi connectivity index (χ4v) is 8.24. The molecule has 0 fully saturated rings. The van der Waals surface area contributed by atoms with Gasteiger partial charge in [0.25, 0.3) is 0 Å². The smallest absolute Gasteiger partial charge is 0.306 e. The number of ether oxygens (including phenoxy) is 3. The number of rotatable bonds is 51. The van der Waals surface area contributed by atoms with Crippen LogP contribution in [0.3, 0.4) is 0 Å². The van der Waals surface area contributed by atoms with Crippen LogP contribution >= 0.6 is 0 Å². The molecule has 0 spiro atoms. The van der Waals surface area contributed by atoms with Crippen molar-refractivity contribution in [2.45, 2.75) is 309 Å². The molecule has 0 aliphatic rings. The molecule has 370 valence electrons. The van der Waals surface area contributed by atoms with Gasteiger partial charge in [0, 0.05) is 19.3 Å². The van der Waals surface area contributed by atoms with Gasteiger partial charge >= 0.3 is 17.9 Å². The molecular weight excluding hydrogens is 781 g/mol. The third-order valence-electron chi connectivity index (χ3n) is 12.5. The molecule has 1 unspecified atom stereocenters. The number of allylic oxidation sites excluding steroid dienone is 4. The lowest BCUT2D eigenvalue weighted by atomic mass is 10.0. The molecule has 0 aliphatic carbocycles. The van der Waals surface area contributed by atoms with Crippen LogP contribution in [0.1, 0.15) is 303 Å². The minimum Gasteiger partial charge on any atom is -0.462 e. The van der Waals surface area contributed by atoms with E-state index in [2.05, 4.69) is 45.1 Å². The van der Waals surface area contributed by atoms with Crippen molar-refractivity contribution in [2.75, 3.05) is 13.2 Å². The molecular formula is C57H106O6. The second-order valence-corrected chi connectivity index (χ2v) is 18.9. The van der Waals surface area contributed by atoms with Crippen molar-refractivity contribution in [1.82, 2.24) is 0 Å². The number of carbonyl (C=O) groups excluding carboxylic acids is 3. The van der Waals surface area contributed by atoms with Crippen LogP contribution in [0.25, 0.3) is 0 Å². The number of hydrogen-bond donors (Lipinski definition) is 0. The third-order valence-corrected chi connectivity index (χ3v) is 12.5. The highest BCUT2D eigenvalue weighted by molar-refractivity contribution is 5.71. The molecule has 0 N–H and O–H groups in total. The molecule has 6 nitrogen and oxygen atoms in total. The number of esters is 3. The molecule has 0 bridgehead atoms. The van der Waals surface area contributed by atoms with Crippen molar-refractivity contribution in [3.8, 4) is 0 Å². The Hall–Kier alpha value is -2.11. The van der Waals surface area contributed by atoms with E-state index in [1.165, 1.54) is 199 Å². The first-order chi connectivity index (χ1) is 31.0. The normalized spacial score (nSPS) is 12.1. The van der Waals surface area contributed by atoms with Crippen molar-refractivity contribution in [3.05, 3.63) is 24.3 Å².